The normalized spacial score (nSPS) is 11.7. The molecule has 0 N–H and O–H groups in total. The van der Waals surface area contributed by atoms with Gasteiger partial charge in [-0.2, -0.15) is 0 Å². The van der Waals surface area contributed by atoms with Crippen LogP contribution in [0, 0.1) is 21.0 Å². The molecule has 0 saturated heterocycles. The fourth-order valence-corrected chi connectivity index (χ4v) is 13.4. The zero-order chi connectivity index (χ0) is 38.1. The first-order chi connectivity index (χ1) is 26.4. The molecule has 0 amide bonds. The molecule has 0 unspecified atom stereocenters. The van der Waals surface area contributed by atoms with Crippen molar-refractivity contribution >= 4 is 51.7 Å². The van der Waals surface area contributed by atoms with Crippen molar-refractivity contribution in [2.45, 2.75) is 155 Å². The van der Waals surface area contributed by atoms with E-state index in [9.17, 15) is 17.6 Å². The first kappa shape index (κ1) is 43.5. The van der Waals surface area contributed by atoms with Gasteiger partial charge < -0.3 is 0 Å². The van der Waals surface area contributed by atoms with Crippen molar-refractivity contribution in [2.24, 2.45) is 0 Å². The van der Waals surface area contributed by atoms with Crippen molar-refractivity contribution in [2.75, 3.05) is 0 Å². The molecule has 4 aromatic heterocycles. The molecule has 5 rings (SSSR count). The van der Waals surface area contributed by atoms with Crippen molar-refractivity contribution in [3.05, 3.63) is 80.7 Å². The van der Waals surface area contributed by atoms with Gasteiger partial charge in [0.2, 0.25) is 0 Å². The van der Waals surface area contributed by atoms with Gasteiger partial charge in [-0.25, -0.2) is 0 Å². The summed E-state index contributed by atoms with van der Waals surface area (Å²) in [5.41, 5.74) is 4.60. The SMILES string of the molecule is CCCCCCCCCCCCc1cc(-c2[se]c(F)cc2F)sc1-c1ccc(-c2sc(-c3[se]c(F)cc3F)cc2CCCCCCCCCCCC)cc1. The minimum atomic E-state index is -0.625. The molecule has 0 aliphatic heterocycles. The van der Waals surface area contributed by atoms with Gasteiger partial charge in [-0.3, -0.25) is 0 Å². The first-order valence-corrected chi connectivity index (χ1v) is 25.7. The van der Waals surface area contributed by atoms with Crippen LogP contribution in [0.1, 0.15) is 153 Å². The van der Waals surface area contributed by atoms with Crippen LogP contribution < -0.4 is 0 Å². The van der Waals surface area contributed by atoms with Crippen LogP contribution in [0.15, 0.2) is 48.5 Å². The molecule has 0 bridgehead atoms. The molecule has 5 aromatic rings. The zero-order valence-corrected chi connectivity index (χ0v) is 37.4. The molecule has 1 aromatic carbocycles. The monoisotopic (exact) mass is 910 g/mol. The van der Waals surface area contributed by atoms with Gasteiger partial charge in [0.05, 0.1) is 0 Å². The molecule has 0 saturated carbocycles. The van der Waals surface area contributed by atoms with Gasteiger partial charge in [-0.1, -0.05) is 52.4 Å². The number of rotatable bonds is 26. The van der Waals surface area contributed by atoms with E-state index < -0.39 is 40.6 Å². The van der Waals surface area contributed by atoms with Crippen LogP contribution in [0.3, 0.4) is 0 Å². The van der Waals surface area contributed by atoms with E-state index in [0.717, 1.165) is 68.5 Å². The van der Waals surface area contributed by atoms with Crippen LogP contribution >= 0.6 is 22.7 Å². The van der Waals surface area contributed by atoms with E-state index in [1.165, 1.54) is 127 Å². The Balaban J connectivity index is 1.28. The van der Waals surface area contributed by atoms with Crippen LogP contribution in [-0.4, -0.2) is 29.0 Å². The van der Waals surface area contributed by atoms with Gasteiger partial charge in [0.25, 0.3) is 0 Å². The maximum atomic E-state index is 14.8. The van der Waals surface area contributed by atoms with Gasteiger partial charge in [0.1, 0.15) is 0 Å². The van der Waals surface area contributed by atoms with E-state index in [0.29, 0.717) is 8.87 Å². The summed E-state index contributed by atoms with van der Waals surface area (Å²) in [6.07, 6.45) is 27.3. The van der Waals surface area contributed by atoms with Crippen LogP contribution in [-0.2, 0) is 12.8 Å². The number of halogens is 4. The molecule has 54 heavy (non-hydrogen) atoms. The van der Waals surface area contributed by atoms with Crippen LogP contribution in [0.5, 0.6) is 0 Å². The Bertz CT molecular complexity index is 1680. The Kier molecular flexibility index (Phi) is 18.9. The minimum absolute atomic E-state index is 0.359. The van der Waals surface area contributed by atoms with Gasteiger partial charge in [0.15, 0.2) is 0 Å². The van der Waals surface area contributed by atoms with Gasteiger partial charge >= 0.3 is 292 Å². The third kappa shape index (κ3) is 13.2. The quantitative estimate of drug-likeness (QED) is 0.0295. The molecule has 4 heterocycles. The van der Waals surface area contributed by atoms with Crippen molar-refractivity contribution in [1.82, 2.24) is 0 Å². The molecule has 0 aliphatic rings. The molecule has 0 atom stereocenters. The summed E-state index contributed by atoms with van der Waals surface area (Å²) in [5.74, 6) is -0.871. The summed E-state index contributed by atoms with van der Waals surface area (Å²) >= 11 is 1.91. The van der Waals surface area contributed by atoms with Gasteiger partial charge in [0, 0.05) is 0 Å². The maximum absolute atomic E-state index is 14.8. The Morgan fingerprint density at radius 3 is 1.04 bits per heavy atom. The van der Waals surface area contributed by atoms with Crippen LogP contribution in [0.2, 0.25) is 0 Å². The molecule has 0 spiro atoms. The fourth-order valence-electron chi connectivity index (χ4n) is 7.34. The number of hydrogen-bond acceptors (Lipinski definition) is 2. The third-order valence-corrected chi connectivity index (χ3v) is 17.4. The Labute approximate surface area is 342 Å². The summed E-state index contributed by atoms with van der Waals surface area (Å²) in [6.45, 7) is 4.51. The summed E-state index contributed by atoms with van der Waals surface area (Å²) < 4.78 is 58.1. The molecule has 0 nitrogen and oxygen atoms in total. The van der Waals surface area contributed by atoms with E-state index in [2.05, 4.69) is 50.2 Å². The molecule has 8 heteroatoms. The predicted octanol–water partition coefficient (Wildman–Crippen LogP) is 16.1. The summed E-state index contributed by atoms with van der Waals surface area (Å²) in [5, 5.41) is 0. The molecule has 294 valence electrons. The Hall–Kier alpha value is -1.66. The average molecular weight is 909 g/mol. The van der Waals surface area contributed by atoms with E-state index in [4.69, 9.17) is 0 Å². The third-order valence-electron chi connectivity index (χ3n) is 10.4. The van der Waals surface area contributed by atoms with Crippen LogP contribution in [0.25, 0.3) is 39.5 Å². The fraction of sp³-hybridized carbons (Fsp3) is 0.522. The number of aryl methyl sites for hydroxylation is 2. The second-order valence-corrected chi connectivity index (χ2v) is 21.1. The molecule has 0 aliphatic carbocycles. The van der Waals surface area contributed by atoms with Crippen molar-refractivity contribution in [3.8, 4) is 39.5 Å². The predicted molar refractivity (Wildman–Crippen MR) is 229 cm³/mol. The molecular formula is C46H58F4S2Se2. The zero-order valence-electron chi connectivity index (χ0n) is 32.3. The number of unbranched alkanes of at least 4 members (excludes halogenated alkanes) is 18. The summed E-state index contributed by atoms with van der Waals surface area (Å²) in [4.78, 5) is 3.95. The number of benzene rings is 1. The standard InChI is InChI=1S/C46H58F4S2Se2/c1-3-5-7-9-11-13-15-17-19-21-23-35-29-39(45-37(47)31-41(49)53-45)51-43(35)33-25-27-34(28-26-33)44-36(24-22-20-18-16-14-12-10-8-6-4-2)30-40(52-44)46-38(48)32-42(50)54-46/h25-32H,3-24H2,1-2H3. The topological polar surface area (TPSA) is 0 Å². The van der Waals surface area contributed by atoms with Gasteiger partial charge in [-0.05, 0) is 0 Å². The number of thiophene rings is 2. The summed E-state index contributed by atoms with van der Waals surface area (Å²) in [6, 6.07) is 14.9. The molecule has 0 radical (unpaired) electrons. The van der Waals surface area contributed by atoms with E-state index >= 15 is 0 Å². The van der Waals surface area contributed by atoms with E-state index in [-0.39, 0.29) is 9.38 Å². The Morgan fingerprint density at radius 2 is 0.741 bits per heavy atom. The van der Waals surface area contributed by atoms with E-state index in [1.807, 2.05) is 0 Å². The average Bonchev–Trinajstić information content (AvgIpc) is 3.94. The second kappa shape index (κ2) is 23.5. The van der Waals surface area contributed by atoms with Crippen LogP contribution in [0.4, 0.5) is 17.6 Å². The second-order valence-electron chi connectivity index (χ2n) is 14.8. The first-order valence-electron chi connectivity index (χ1n) is 20.6. The van der Waals surface area contributed by atoms with E-state index in [1.54, 1.807) is 22.7 Å². The van der Waals surface area contributed by atoms with Crippen molar-refractivity contribution in [1.29, 1.82) is 0 Å². The molecular weight excluding hydrogens is 851 g/mol. The van der Waals surface area contributed by atoms with Gasteiger partial charge in [-0.15, -0.1) is 0 Å². The van der Waals surface area contributed by atoms with Crippen molar-refractivity contribution < 1.29 is 17.6 Å². The van der Waals surface area contributed by atoms with Crippen molar-refractivity contribution in [3.63, 3.8) is 0 Å². The summed E-state index contributed by atoms with van der Waals surface area (Å²) in [7, 11) is 0. The Morgan fingerprint density at radius 1 is 0.426 bits per heavy atom. The number of hydrogen-bond donors (Lipinski definition) is 0. The molecule has 0 fully saturated rings.